The number of esters is 1. The molecular formula is C27H33NO7. The van der Waals surface area contributed by atoms with Gasteiger partial charge < -0.3 is 28.6 Å². The molecule has 2 aliphatic rings. The number of carbonyl (C=O) groups excluding carboxylic acids is 2. The molecule has 2 aliphatic heterocycles. The summed E-state index contributed by atoms with van der Waals surface area (Å²) in [6, 6.07) is 14.6. The van der Waals surface area contributed by atoms with E-state index in [2.05, 4.69) is 0 Å². The zero-order valence-electron chi connectivity index (χ0n) is 20.4. The van der Waals surface area contributed by atoms with Crippen LogP contribution in [-0.2, 0) is 25.6 Å². The first kappa shape index (κ1) is 25.0. The molecule has 8 nitrogen and oxygen atoms in total. The molecule has 35 heavy (non-hydrogen) atoms. The van der Waals surface area contributed by atoms with Crippen LogP contribution < -0.4 is 9.47 Å². The van der Waals surface area contributed by atoms with E-state index in [1.54, 1.807) is 38.5 Å². The van der Waals surface area contributed by atoms with E-state index in [0.717, 1.165) is 12.0 Å². The maximum absolute atomic E-state index is 12.5. The van der Waals surface area contributed by atoms with Crippen LogP contribution in [0.4, 0.5) is 0 Å². The van der Waals surface area contributed by atoms with Gasteiger partial charge in [-0.1, -0.05) is 24.3 Å². The summed E-state index contributed by atoms with van der Waals surface area (Å²) >= 11 is 0. The van der Waals surface area contributed by atoms with Gasteiger partial charge in [-0.25, -0.2) is 4.79 Å². The van der Waals surface area contributed by atoms with Gasteiger partial charge in [-0.05, 0) is 42.7 Å². The first-order valence-corrected chi connectivity index (χ1v) is 12.0. The lowest BCUT2D eigenvalue weighted by atomic mass is 9.94. The number of fused-ring (bicyclic) bond motifs is 1. The van der Waals surface area contributed by atoms with Gasteiger partial charge in [0.2, 0.25) is 5.91 Å². The average molecular weight is 484 g/mol. The van der Waals surface area contributed by atoms with Crippen LogP contribution in [0.2, 0.25) is 0 Å². The van der Waals surface area contributed by atoms with Gasteiger partial charge in [-0.3, -0.25) is 4.79 Å². The molecule has 0 unspecified atom stereocenters. The molecule has 0 radical (unpaired) electrons. The number of rotatable bonds is 12. The monoisotopic (exact) mass is 483 g/mol. The lowest BCUT2D eigenvalue weighted by molar-refractivity contribution is -0.165. The van der Waals surface area contributed by atoms with E-state index in [9.17, 15) is 9.59 Å². The summed E-state index contributed by atoms with van der Waals surface area (Å²) in [5, 5.41) is 0. The zero-order valence-corrected chi connectivity index (χ0v) is 20.4. The van der Waals surface area contributed by atoms with E-state index in [1.165, 1.54) is 0 Å². The van der Waals surface area contributed by atoms with E-state index < -0.39 is 5.72 Å². The highest BCUT2D eigenvalue weighted by atomic mass is 16.5. The zero-order chi connectivity index (χ0) is 24.7. The van der Waals surface area contributed by atoms with Gasteiger partial charge in [0.1, 0.15) is 5.72 Å². The molecule has 2 fully saturated rings. The van der Waals surface area contributed by atoms with Crippen molar-refractivity contribution >= 4 is 11.9 Å². The predicted molar refractivity (Wildman–Crippen MR) is 128 cm³/mol. The van der Waals surface area contributed by atoms with Crippen LogP contribution in [0.5, 0.6) is 11.5 Å². The van der Waals surface area contributed by atoms with Crippen LogP contribution in [0.1, 0.15) is 41.6 Å². The predicted octanol–water partition coefficient (Wildman–Crippen LogP) is 3.82. The highest BCUT2D eigenvalue weighted by molar-refractivity contribution is 5.89. The van der Waals surface area contributed by atoms with Gasteiger partial charge in [-0.15, -0.1) is 0 Å². The molecule has 8 heteroatoms. The number of nitrogens with zero attached hydrogens (tertiary/aromatic N) is 1. The Labute approximate surface area is 206 Å². The Kier molecular flexibility index (Phi) is 8.25. The van der Waals surface area contributed by atoms with E-state index in [1.807, 2.05) is 29.2 Å². The molecule has 0 saturated carbocycles. The number of ether oxygens (including phenoxy) is 5. The molecule has 0 spiro atoms. The van der Waals surface area contributed by atoms with Gasteiger partial charge in [-0.2, -0.15) is 0 Å². The highest BCUT2D eigenvalue weighted by Crippen LogP contribution is 2.45. The average Bonchev–Trinajstić information content (AvgIpc) is 3.41. The lowest BCUT2D eigenvalue weighted by Crippen LogP contribution is -2.48. The SMILES string of the molecule is COc1ccc(COCCCO[C@]23CCC(=O)N2CC[C@H]3COC(=O)c2ccccc2)cc1OC. The smallest absolute Gasteiger partial charge is 0.338 e. The Balaban J connectivity index is 1.26. The normalized spacial score (nSPS) is 21.1. The molecule has 0 aliphatic carbocycles. The largest absolute Gasteiger partial charge is 0.493 e. The van der Waals surface area contributed by atoms with E-state index in [-0.39, 0.29) is 24.4 Å². The first-order valence-electron chi connectivity index (χ1n) is 12.0. The highest BCUT2D eigenvalue weighted by Gasteiger charge is 2.56. The molecule has 2 aromatic rings. The van der Waals surface area contributed by atoms with Crippen LogP contribution in [0.3, 0.4) is 0 Å². The molecule has 0 N–H and O–H groups in total. The number of methoxy groups -OCH3 is 2. The molecule has 188 valence electrons. The minimum absolute atomic E-state index is 0.0469. The van der Waals surface area contributed by atoms with Crippen molar-refractivity contribution in [3.8, 4) is 11.5 Å². The van der Waals surface area contributed by atoms with Crippen LogP contribution in [0.15, 0.2) is 48.5 Å². The number of amides is 1. The summed E-state index contributed by atoms with van der Waals surface area (Å²) in [7, 11) is 3.21. The van der Waals surface area contributed by atoms with Crippen molar-refractivity contribution in [2.45, 2.75) is 38.0 Å². The third-order valence-corrected chi connectivity index (χ3v) is 6.72. The van der Waals surface area contributed by atoms with Crippen molar-refractivity contribution < 1.29 is 33.3 Å². The summed E-state index contributed by atoms with van der Waals surface area (Å²) in [6.07, 6.45) is 2.52. The Morgan fingerprint density at radius 1 is 1.06 bits per heavy atom. The van der Waals surface area contributed by atoms with Crippen LogP contribution in [0, 0.1) is 5.92 Å². The van der Waals surface area contributed by atoms with Crippen LogP contribution >= 0.6 is 0 Å². The number of hydrogen-bond donors (Lipinski definition) is 0. The molecule has 4 rings (SSSR count). The molecular weight excluding hydrogens is 450 g/mol. The van der Waals surface area contributed by atoms with Crippen LogP contribution in [-0.4, -0.2) is 63.1 Å². The molecule has 2 heterocycles. The van der Waals surface area contributed by atoms with Gasteiger partial charge >= 0.3 is 5.97 Å². The second-order valence-electron chi connectivity index (χ2n) is 8.78. The quantitative estimate of drug-likeness (QED) is 0.335. The molecule has 2 saturated heterocycles. The van der Waals surface area contributed by atoms with E-state index >= 15 is 0 Å². The van der Waals surface area contributed by atoms with Gasteiger partial charge in [0.25, 0.3) is 0 Å². The third-order valence-electron chi connectivity index (χ3n) is 6.72. The van der Waals surface area contributed by atoms with Crippen molar-refractivity contribution in [3.63, 3.8) is 0 Å². The van der Waals surface area contributed by atoms with Gasteiger partial charge in [0.05, 0.1) is 39.6 Å². The summed E-state index contributed by atoms with van der Waals surface area (Å²) in [5.74, 6) is 1.05. The summed E-state index contributed by atoms with van der Waals surface area (Å²) in [6.45, 7) is 2.29. The molecule has 2 atom stereocenters. The van der Waals surface area contributed by atoms with Crippen molar-refractivity contribution in [3.05, 3.63) is 59.7 Å². The number of benzene rings is 2. The fraction of sp³-hybridized carbons (Fsp3) is 0.481. The van der Waals surface area contributed by atoms with Crippen molar-refractivity contribution in [1.29, 1.82) is 0 Å². The minimum Gasteiger partial charge on any atom is -0.493 e. The van der Waals surface area contributed by atoms with Gasteiger partial charge in [0, 0.05) is 31.9 Å². The second kappa shape index (κ2) is 11.6. The Morgan fingerprint density at radius 2 is 1.86 bits per heavy atom. The Morgan fingerprint density at radius 3 is 2.63 bits per heavy atom. The summed E-state index contributed by atoms with van der Waals surface area (Å²) in [4.78, 5) is 26.7. The third kappa shape index (κ3) is 5.60. The fourth-order valence-electron chi connectivity index (χ4n) is 4.90. The topological polar surface area (TPSA) is 83.5 Å². The summed E-state index contributed by atoms with van der Waals surface area (Å²) < 4.78 is 28.4. The number of hydrogen-bond acceptors (Lipinski definition) is 7. The van der Waals surface area contributed by atoms with Crippen LogP contribution in [0.25, 0.3) is 0 Å². The van der Waals surface area contributed by atoms with E-state index in [4.69, 9.17) is 23.7 Å². The maximum Gasteiger partial charge on any atom is 0.338 e. The van der Waals surface area contributed by atoms with Crippen molar-refractivity contribution in [1.82, 2.24) is 4.90 Å². The fourth-order valence-corrected chi connectivity index (χ4v) is 4.90. The van der Waals surface area contributed by atoms with Crippen molar-refractivity contribution in [2.24, 2.45) is 5.92 Å². The Hall–Kier alpha value is -3.10. The van der Waals surface area contributed by atoms with E-state index in [0.29, 0.717) is 62.7 Å². The maximum atomic E-state index is 12.5. The number of carbonyl (C=O) groups is 2. The van der Waals surface area contributed by atoms with Gasteiger partial charge in [0.15, 0.2) is 11.5 Å². The molecule has 0 bridgehead atoms. The van der Waals surface area contributed by atoms with Crippen molar-refractivity contribution in [2.75, 3.05) is 40.6 Å². The second-order valence-corrected chi connectivity index (χ2v) is 8.78. The lowest BCUT2D eigenvalue weighted by Gasteiger charge is -2.36. The minimum atomic E-state index is -0.697. The standard InChI is InChI=1S/C27H33NO7/c1-31-23-10-9-20(17-24(23)32-2)18-33-15-6-16-35-27-13-11-25(29)28(27)14-12-22(27)19-34-26(30)21-7-4-3-5-8-21/h3-5,7-10,17,22H,6,11-16,18-19H2,1-2H3/t22-,27-/m0/s1. The molecule has 0 aromatic heterocycles. The molecule has 1 amide bonds. The summed E-state index contributed by atoms with van der Waals surface area (Å²) in [5.41, 5.74) is 0.814. The Bertz CT molecular complexity index is 1010. The molecule has 2 aromatic carbocycles. The first-order chi connectivity index (χ1) is 17.1.